The number of hydrogen-bond donors (Lipinski definition) is 1. The molecule has 2 heteroatoms. The first-order chi connectivity index (χ1) is 6.74. The number of nitrogens with two attached hydrogens (primary N) is 1. The topological polar surface area (TPSA) is 26.0 Å². The largest absolute Gasteiger partial charge is 0.330 e. The molecule has 0 atom stereocenters. The van der Waals surface area contributed by atoms with Gasteiger partial charge in [0.1, 0.15) is 0 Å². The first kappa shape index (κ1) is 11.6. The number of rotatable bonds is 5. The van der Waals surface area contributed by atoms with Crippen LogP contribution in [0.25, 0.3) is 0 Å². The number of thioether (sulfide) groups is 1. The van der Waals surface area contributed by atoms with Gasteiger partial charge >= 0.3 is 0 Å². The molecule has 14 heavy (non-hydrogen) atoms. The third-order valence-electron chi connectivity index (χ3n) is 2.16. The molecule has 0 radical (unpaired) electrons. The maximum atomic E-state index is 5.44. The van der Waals surface area contributed by atoms with Crippen LogP contribution < -0.4 is 5.73 Å². The molecule has 2 N–H and O–H groups in total. The summed E-state index contributed by atoms with van der Waals surface area (Å²) in [7, 11) is 0. The molecule has 1 rings (SSSR count). The smallest absolute Gasteiger partial charge is 0.00721 e. The van der Waals surface area contributed by atoms with E-state index in [-0.39, 0.29) is 0 Å². The Balaban J connectivity index is 2.47. The van der Waals surface area contributed by atoms with Crippen molar-refractivity contribution in [3.63, 3.8) is 0 Å². The highest BCUT2D eigenvalue weighted by atomic mass is 32.2. The Bertz CT molecular complexity index is 254. The lowest BCUT2D eigenvalue weighted by Gasteiger charge is -2.06. The predicted octanol–water partition coefficient (Wildman–Crippen LogP) is 3.25. The van der Waals surface area contributed by atoms with Crippen molar-refractivity contribution in [3.8, 4) is 0 Å². The van der Waals surface area contributed by atoms with Crippen LogP contribution in [0.15, 0.2) is 29.2 Å². The van der Waals surface area contributed by atoms with Crippen LogP contribution in [0.2, 0.25) is 0 Å². The summed E-state index contributed by atoms with van der Waals surface area (Å²) < 4.78 is 0. The minimum Gasteiger partial charge on any atom is -0.330 e. The highest BCUT2D eigenvalue weighted by molar-refractivity contribution is 7.99. The fourth-order valence-corrected chi connectivity index (χ4v) is 2.10. The SMILES string of the molecule is CC(C)c1ccc(SCCCN)cc1. The average molecular weight is 209 g/mol. The molecule has 1 aromatic rings. The van der Waals surface area contributed by atoms with Crippen molar-refractivity contribution in [1.82, 2.24) is 0 Å². The maximum Gasteiger partial charge on any atom is 0.00721 e. The molecule has 0 saturated carbocycles. The van der Waals surface area contributed by atoms with Crippen molar-refractivity contribution >= 4 is 11.8 Å². The third-order valence-corrected chi connectivity index (χ3v) is 3.26. The summed E-state index contributed by atoms with van der Waals surface area (Å²) in [4.78, 5) is 1.35. The Morgan fingerprint density at radius 1 is 1.21 bits per heavy atom. The summed E-state index contributed by atoms with van der Waals surface area (Å²) in [6, 6.07) is 8.85. The summed E-state index contributed by atoms with van der Waals surface area (Å²) in [6.07, 6.45) is 1.09. The van der Waals surface area contributed by atoms with E-state index in [9.17, 15) is 0 Å². The molecular formula is C12H19NS. The van der Waals surface area contributed by atoms with Gasteiger partial charge in [-0.2, -0.15) is 0 Å². The molecule has 0 bridgehead atoms. The van der Waals surface area contributed by atoms with Gasteiger partial charge in [-0.15, -0.1) is 11.8 Å². The van der Waals surface area contributed by atoms with Crippen molar-refractivity contribution in [2.45, 2.75) is 31.1 Å². The molecule has 0 aromatic heterocycles. The van der Waals surface area contributed by atoms with Gasteiger partial charge in [-0.25, -0.2) is 0 Å². The zero-order valence-electron chi connectivity index (χ0n) is 8.99. The molecule has 78 valence electrons. The van der Waals surface area contributed by atoms with E-state index in [1.807, 2.05) is 11.8 Å². The molecule has 1 nitrogen and oxygen atoms in total. The maximum absolute atomic E-state index is 5.44. The Morgan fingerprint density at radius 2 is 1.86 bits per heavy atom. The second-order valence-electron chi connectivity index (χ2n) is 3.71. The standard InChI is InChI=1S/C12H19NS/c1-10(2)11-4-6-12(7-5-11)14-9-3-8-13/h4-7,10H,3,8-9,13H2,1-2H3. The minimum atomic E-state index is 0.623. The van der Waals surface area contributed by atoms with Crippen LogP contribution in [-0.2, 0) is 0 Å². The zero-order chi connectivity index (χ0) is 10.4. The van der Waals surface area contributed by atoms with Crippen LogP contribution in [0.3, 0.4) is 0 Å². The first-order valence-corrected chi connectivity index (χ1v) is 6.15. The quantitative estimate of drug-likeness (QED) is 0.595. The summed E-state index contributed by atoms with van der Waals surface area (Å²) >= 11 is 1.89. The molecule has 0 aliphatic carbocycles. The van der Waals surface area contributed by atoms with E-state index >= 15 is 0 Å². The van der Waals surface area contributed by atoms with Gasteiger partial charge in [0.25, 0.3) is 0 Å². The third kappa shape index (κ3) is 3.72. The van der Waals surface area contributed by atoms with Gasteiger partial charge in [0.2, 0.25) is 0 Å². The fraction of sp³-hybridized carbons (Fsp3) is 0.500. The Labute approximate surface area is 91.1 Å². The molecule has 0 heterocycles. The Kier molecular flexibility index (Phi) is 5.05. The Morgan fingerprint density at radius 3 is 2.36 bits per heavy atom. The molecule has 0 fully saturated rings. The van der Waals surface area contributed by atoms with E-state index in [0.29, 0.717) is 5.92 Å². The van der Waals surface area contributed by atoms with E-state index in [1.54, 1.807) is 0 Å². The van der Waals surface area contributed by atoms with Crippen LogP contribution in [0.1, 0.15) is 31.7 Å². The van der Waals surface area contributed by atoms with Crippen LogP contribution >= 0.6 is 11.8 Å². The number of benzene rings is 1. The summed E-state index contributed by atoms with van der Waals surface area (Å²) in [6.45, 7) is 5.23. The highest BCUT2D eigenvalue weighted by Gasteiger charge is 1.98. The molecule has 0 saturated heterocycles. The lowest BCUT2D eigenvalue weighted by atomic mass is 10.0. The van der Waals surface area contributed by atoms with Crippen LogP contribution in [-0.4, -0.2) is 12.3 Å². The summed E-state index contributed by atoms with van der Waals surface area (Å²) in [5, 5.41) is 0. The van der Waals surface area contributed by atoms with Crippen molar-refractivity contribution < 1.29 is 0 Å². The highest BCUT2D eigenvalue weighted by Crippen LogP contribution is 2.21. The fourth-order valence-electron chi connectivity index (χ4n) is 1.22. The molecule has 1 aromatic carbocycles. The molecule has 0 aliphatic rings. The van der Waals surface area contributed by atoms with Gasteiger partial charge in [-0.1, -0.05) is 26.0 Å². The van der Waals surface area contributed by atoms with Gasteiger partial charge in [0.05, 0.1) is 0 Å². The average Bonchev–Trinajstić information content (AvgIpc) is 2.19. The first-order valence-electron chi connectivity index (χ1n) is 5.17. The minimum absolute atomic E-state index is 0.623. The van der Waals surface area contributed by atoms with Gasteiger partial charge < -0.3 is 5.73 Å². The molecule has 0 aliphatic heterocycles. The molecule has 0 spiro atoms. The van der Waals surface area contributed by atoms with Crippen LogP contribution in [0.5, 0.6) is 0 Å². The second kappa shape index (κ2) is 6.10. The van der Waals surface area contributed by atoms with E-state index in [2.05, 4.69) is 38.1 Å². The van der Waals surface area contributed by atoms with Crippen LogP contribution in [0, 0.1) is 0 Å². The van der Waals surface area contributed by atoms with E-state index in [4.69, 9.17) is 5.73 Å². The molecule has 0 amide bonds. The van der Waals surface area contributed by atoms with Gasteiger partial charge in [-0.3, -0.25) is 0 Å². The van der Waals surface area contributed by atoms with Crippen molar-refractivity contribution in [3.05, 3.63) is 29.8 Å². The van der Waals surface area contributed by atoms with Crippen molar-refractivity contribution in [2.75, 3.05) is 12.3 Å². The van der Waals surface area contributed by atoms with Crippen LogP contribution in [0.4, 0.5) is 0 Å². The molecule has 0 unspecified atom stereocenters. The van der Waals surface area contributed by atoms with Gasteiger partial charge in [-0.05, 0) is 42.3 Å². The Hall–Kier alpha value is -0.470. The normalized spacial score (nSPS) is 10.9. The number of hydrogen-bond acceptors (Lipinski definition) is 2. The predicted molar refractivity (Wildman–Crippen MR) is 64.9 cm³/mol. The summed E-state index contributed by atoms with van der Waals surface area (Å²) in [5.74, 6) is 1.75. The second-order valence-corrected chi connectivity index (χ2v) is 4.88. The van der Waals surface area contributed by atoms with E-state index in [0.717, 1.165) is 18.7 Å². The van der Waals surface area contributed by atoms with Gasteiger partial charge in [0.15, 0.2) is 0 Å². The van der Waals surface area contributed by atoms with E-state index in [1.165, 1.54) is 10.5 Å². The van der Waals surface area contributed by atoms with E-state index < -0.39 is 0 Å². The lowest BCUT2D eigenvalue weighted by molar-refractivity contribution is 0.865. The van der Waals surface area contributed by atoms with Crippen molar-refractivity contribution in [2.24, 2.45) is 5.73 Å². The zero-order valence-corrected chi connectivity index (χ0v) is 9.81. The monoisotopic (exact) mass is 209 g/mol. The summed E-state index contributed by atoms with van der Waals surface area (Å²) in [5.41, 5.74) is 6.85. The lowest BCUT2D eigenvalue weighted by Crippen LogP contribution is -1.99. The molecular weight excluding hydrogens is 190 g/mol. The van der Waals surface area contributed by atoms with Crippen molar-refractivity contribution in [1.29, 1.82) is 0 Å². The van der Waals surface area contributed by atoms with Gasteiger partial charge in [0, 0.05) is 4.90 Å².